The quantitative estimate of drug-likeness (QED) is 0.464. The second kappa shape index (κ2) is 6.92. The third-order valence-corrected chi connectivity index (χ3v) is 2.50. The molecule has 0 aromatic heterocycles. The topological polar surface area (TPSA) is 24.4 Å². The van der Waals surface area contributed by atoms with Crippen molar-refractivity contribution in [1.29, 1.82) is 0 Å². The largest absolute Gasteiger partial charge is 0.355 e. The summed E-state index contributed by atoms with van der Waals surface area (Å²) in [5, 5.41) is 3.71. The number of hydrogen-bond donors (Lipinski definition) is 1. The van der Waals surface area contributed by atoms with Crippen LogP contribution in [0.15, 0.2) is 52.3 Å². The van der Waals surface area contributed by atoms with Crippen LogP contribution in [-0.4, -0.2) is 6.72 Å². The molecule has 0 aliphatic rings. The third kappa shape index (κ3) is 4.45. The number of nitrogens with one attached hydrogen (secondary N) is 1. The first-order chi connectivity index (χ1) is 8.17. The zero-order chi connectivity index (χ0) is 12.7. The van der Waals surface area contributed by atoms with E-state index in [0.717, 1.165) is 17.8 Å². The summed E-state index contributed by atoms with van der Waals surface area (Å²) in [5.74, 6) is 0. The lowest BCUT2D eigenvalue weighted by molar-refractivity contribution is 1.19. The molecule has 1 N–H and O–H groups in total. The predicted molar refractivity (Wildman–Crippen MR) is 76.7 cm³/mol. The van der Waals surface area contributed by atoms with Gasteiger partial charge in [0.15, 0.2) is 0 Å². The van der Waals surface area contributed by atoms with E-state index in [2.05, 4.69) is 43.0 Å². The van der Waals surface area contributed by atoms with Crippen molar-refractivity contribution >= 4 is 24.0 Å². The molecule has 0 aliphatic heterocycles. The number of halogens is 1. The SMILES string of the molecule is C=N/C(Cl)=C\C(=C/CC)Nc1ccccc1C. The maximum Gasteiger partial charge on any atom is 0.130 e. The Balaban J connectivity index is 2.93. The molecule has 17 heavy (non-hydrogen) atoms. The van der Waals surface area contributed by atoms with Crippen molar-refractivity contribution in [3.63, 3.8) is 0 Å². The molecule has 1 aromatic rings. The minimum atomic E-state index is 0.380. The molecular weight excluding hydrogens is 232 g/mol. The molecule has 1 rings (SSSR count). The Morgan fingerprint density at radius 3 is 2.76 bits per heavy atom. The van der Waals surface area contributed by atoms with Crippen molar-refractivity contribution < 1.29 is 0 Å². The summed E-state index contributed by atoms with van der Waals surface area (Å²) >= 11 is 5.85. The number of nitrogens with zero attached hydrogens (tertiary/aromatic N) is 1. The van der Waals surface area contributed by atoms with Crippen LogP contribution in [0.5, 0.6) is 0 Å². The molecule has 0 spiro atoms. The fourth-order valence-electron chi connectivity index (χ4n) is 1.41. The molecule has 0 heterocycles. The molecule has 0 bridgehead atoms. The number of hydrogen-bond acceptors (Lipinski definition) is 2. The third-order valence-electron chi connectivity index (χ3n) is 2.27. The van der Waals surface area contributed by atoms with Crippen LogP contribution in [-0.2, 0) is 0 Å². The number of para-hydroxylation sites is 1. The van der Waals surface area contributed by atoms with Gasteiger partial charge in [-0.25, -0.2) is 0 Å². The Morgan fingerprint density at radius 2 is 2.18 bits per heavy atom. The summed E-state index contributed by atoms with van der Waals surface area (Å²) in [6.07, 6.45) is 4.75. The van der Waals surface area contributed by atoms with Gasteiger partial charge in [-0.05, 0) is 37.8 Å². The predicted octanol–water partition coefficient (Wildman–Crippen LogP) is 4.48. The first kappa shape index (κ1) is 13.5. The molecule has 0 fully saturated rings. The van der Waals surface area contributed by atoms with Crippen molar-refractivity contribution in [2.75, 3.05) is 5.32 Å². The van der Waals surface area contributed by atoms with Crippen LogP contribution in [0, 0.1) is 6.92 Å². The lowest BCUT2D eigenvalue weighted by Crippen LogP contribution is -1.99. The highest BCUT2D eigenvalue weighted by atomic mass is 35.5. The van der Waals surface area contributed by atoms with Gasteiger partial charge in [0.2, 0.25) is 0 Å². The number of anilines is 1. The number of aryl methyl sites for hydroxylation is 1. The van der Waals surface area contributed by atoms with Crippen LogP contribution in [0.2, 0.25) is 0 Å². The Kier molecular flexibility index (Phi) is 5.50. The van der Waals surface area contributed by atoms with E-state index in [9.17, 15) is 0 Å². The molecule has 0 aliphatic carbocycles. The van der Waals surface area contributed by atoms with Gasteiger partial charge in [-0.3, -0.25) is 4.99 Å². The van der Waals surface area contributed by atoms with E-state index in [1.807, 2.05) is 18.2 Å². The molecule has 0 saturated heterocycles. The lowest BCUT2D eigenvalue weighted by atomic mass is 10.2. The first-order valence-electron chi connectivity index (χ1n) is 5.54. The molecule has 3 heteroatoms. The van der Waals surface area contributed by atoms with Gasteiger partial charge in [0.25, 0.3) is 0 Å². The Hall–Kier alpha value is -1.54. The summed E-state index contributed by atoms with van der Waals surface area (Å²) in [6.45, 7) is 7.52. The van der Waals surface area contributed by atoms with Gasteiger partial charge in [-0.2, -0.15) is 0 Å². The molecule has 0 atom stereocenters. The summed E-state index contributed by atoms with van der Waals surface area (Å²) < 4.78 is 0. The van der Waals surface area contributed by atoms with E-state index in [-0.39, 0.29) is 0 Å². The van der Waals surface area contributed by atoms with Crippen LogP contribution in [0.4, 0.5) is 5.69 Å². The molecule has 2 nitrogen and oxygen atoms in total. The standard InChI is InChI=1S/C14H17ClN2/c1-4-7-12(10-14(15)16-3)17-13-9-6-5-8-11(13)2/h5-10,17H,3-4H2,1-2H3/b12-7+,14-10-. The molecular formula is C14H17ClN2. The van der Waals surface area contributed by atoms with Gasteiger partial charge in [0.1, 0.15) is 5.16 Å². The van der Waals surface area contributed by atoms with Crippen LogP contribution >= 0.6 is 11.6 Å². The smallest absolute Gasteiger partial charge is 0.130 e. The summed E-state index contributed by atoms with van der Waals surface area (Å²) in [5.41, 5.74) is 3.18. The Morgan fingerprint density at radius 1 is 1.47 bits per heavy atom. The first-order valence-corrected chi connectivity index (χ1v) is 5.92. The second-order valence-corrected chi connectivity index (χ2v) is 4.02. The highest BCUT2D eigenvalue weighted by Gasteiger charge is 1.99. The molecule has 1 aromatic carbocycles. The number of aliphatic imine (C=N–C) groups is 1. The minimum Gasteiger partial charge on any atom is -0.355 e. The van der Waals surface area contributed by atoms with E-state index in [1.54, 1.807) is 6.08 Å². The number of allylic oxidation sites excluding steroid dienone is 2. The van der Waals surface area contributed by atoms with Crippen LogP contribution in [0.3, 0.4) is 0 Å². The van der Waals surface area contributed by atoms with Crippen molar-refractivity contribution in [2.45, 2.75) is 20.3 Å². The fraction of sp³-hybridized carbons (Fsp3) is 0.214. The average molecular weight is 249 g/mol. The van der Waals surface area contributed by atoms with E-state index in [1.165, 1.54) is 5.56 Å². The van der Waals surface area contributed by atoms with Crippen molar-refractivity contribution in [3.05, 3.63) is 52.8 Å². The van der Waals surface area contributed by atoms with Crippen LogP contribution < -0.4 is 5.32 Å². The summed E-state index contributed by atoms with van der Waals surface area (Å²) in [6, 6.07) is 8.10. The van der Waals surface area contributed by atoms with Gasteiger partial charge < -0.3 is 5.32 Å². The number of benzene rings is 1. The molecule has 90 valence electrons. The normalized spacial score (nSPS) is 12.4. The minimum absolute atomic E-state index is 0.380. The van der Waals surface area contributed by atoms with Crippen molar-refractivity contribution in [3.8, 4) is 0 Å². The summed E-state index contributed by atoms with van der Waals surface area (Å²) in [7, 11) is 0. The van der Waals surface area contributed by atoms with Gasteiger partial charge in [-0.15, -0.1) is 0 Å². The van der Waals surface area contributed by atoms with Gasteiger partial charge in [0.05, 0.1) is 0 Å². The Labute approximate surface area is 108 Å². The average Bonchev–Trinajstić information content (AvgIpc) is 2.32. The van der Waals surface area contributed by atoms with Crippen LogP contribution in [0.1, 0.15) is 18.9 Å². The molecule has 0 unspecified atom stereocenters. The maximum absolute atomic E-state index is 5.85. The Bertz CT molecular complexity index is 447. The second-order valence-electron chi connectivity index (χ2n) is 3.63. The summed E-state index contributed by atoms with van der Waals surface area (Å²) in [4.78, 5) is 3.67. The zero-order valence-electron chi connectivity index (χ0n) is 10.2. The fourth-order valence-corrected chi connectivity index (χ4v) is 1.53. The highest BCUT2D eigenvalue weighted by molar-refractivity contribution is 6.29. The van der Waals surface area contributed by atoms with E-state index < -0.39 is 0 Å². The van der Waals surface area contributed by atoms with E-state index in [4.69, 9.17) is 11.6 Å². The van der Waals surface area contributed by atoms with E-state index >= 15 is 0 Å². The van der Waals surface area contributed by atoms with E-state index in [0.29, 0.717) is 5.16 Å². The monoisotopic (exact) mass is 248 g/mol. The van der Waals surface area contributed by atoms with Gasteiger partial charge >= 0.3 is 0 Å². The van der Waals surface area contributed by atoms with Gasteiger partial charge in [-0.1, -0.05) is 42.8 Å². The highest BCUT2D eigenvalue weighted by Crippen LogP contribution is 2.18. The zero-order valence-corrected chi connectivity index (χ0v) is 11.0. The van der Waals surface area contributed by atoms with Crippen molar-refractivity contribution in [1.82, 2.24) is 0 Å². The van der Waals surface area contributed by atoms with Crippen LogP contribution in [0.25, 0.3) is 0 Å². The van der Waals surface area contributed by atoms with Crippen molar-refractivity contribution in [2.24, 2.45) is 4.99 Å². The van der Waals surface area contributed by atoms with Gasteiger partial charge in [0, 0.05) is 11.4 Å². The number of rotatable bonds is 5. The maximum atomic E-state index is 5.85. The molecule has 0 saturated carbocycles. The molecule has 0 amide bonds. The molecule has 0 radical (unpaired) electrons. The lowest BCUT2D eigenvalue weighted by Gasteiger charge is -2.10.